The molecule has 0 aliphatic rings. The van der Waals surface area contributed by atoms with Crippen LogP contribution < -0.4 is 21.7 Å². The third-order valence-corrected chi connectivity index (χ3v) is 8.38. The molecule has 2 aromatic heterocycles. The topological polar surface area (TPSA) is 182 Å². The van der Waals surface area contributed by atoms with Gasteiger partial charge in [0.15, 0.2) is 0 Å². The van der Waals surface area contributed by atoms with E-state index in [1.165, 1.54) is 0 Å². The maximum Gasteiger partial charge on any atom is 0.326 e. The zero-order chi connectivity index (χ0) is 33.5. The summed E-state index contributed by atoms with van der Waals surface area (Å²) in [6.45, 7) is 3.63. The molecular formula is C36H40N6O5. The third-order valence-electron chi connectivity index (χ3n) is 8.38. The Morgan fingerprint density at radius 3 is 1.57 bits per heavy atom. The average Bonchev–Trinajstić information content (AvgIpc) is 3.67. The van der Waals surface area contributed by atoms with Crippen LogP contribution in [0, 0.1) is 5.92 Å². The normalized spacial score (nSPS) is 14.0. The Morgan fingerprint density at radius 1 is 0.638 bits per heavy atom. The number of carboxylic acid groups (broad SMARTS) is 1. The number of fused-ring (bicyclic) bond motifs is 2. The van der Waals surface area contributed by atoms with Crippen LogP contribution in [0.15, 0.2) is 91.3 Å². The van der Waals surface area contributed by atoms with Crippen LogP contribution in [0.3, 0.4) is 0 Å². The van der Waals surface area contributed by atoms with E-state index in [0.29, 0.717) is 0 Å². The van der Waals surface area contributed by atoms with Crippen molar-refractivity contribution in [1.29, 1.82) is 0 Å². The summed E-state index contributed by atoms with van der Waals surface area (Å²) < 4.78 is 0. The van der Waals surface area contributed by atoms with E-state index in [1.54, 1.807) is 36.7 Å². The number of H-pyrrole nitrogens is 2. The number of hydrogen-bond acceptors (Lipinski definition) is 5. The largest absolute Gasteiger partial charge is 0.480 e. The summed E-state index contributed by atoms with van der Waals surface area (Å²) in [4.78, 5) is 59.7. The lowest BCUT2D eigenvalue weighted by Gasteiger charge is -2.26. The molecule has 11 heteroatoms. The molecule has 5 aromatic rings. The lowest BCUT2D eigenvalue weighted by Crippen LogP contribution is -2.58. The highest BCUT2D eigenvalue weighted by Gasteiger charge is 2.32. The molecule has 4 atom stereocenters. The number of para-hydroxylation sites is 2. The molecule has 8 N–H and O–H groups in total. The van der Waals surface area contributed by atoms with E-state index in [1.807, 2.05) is 68.4 Å². The van der Waals surface area contributed by atoms with Gasteiger partial charge in [-0.05, 0) is 34.7 Å². The minimum absolute atomic E-state index is 0.0575. The number of amides is 3. The van der Waals surface area contributed by atoms with E-state index in [-0.39, 0.29) is 25.2 Å². The predicted molar refractivity (Wildman–Crippen MR) is 180 cm³/mol. The smallest absolute Gasteiger partial charge is 0.326 e. The number of hydrogen-bond donors (Lipinski definition) is 7. The Kier molecular flexibility index (Phi) is 10.4. The zero-order valence-corrected chi connectivity index (χ0v) is 26.3. The van der Waals surface area contributed by atoms with Crippen molar-refractivity contribution in [3.63, 3.8) is 0 Å². The van der Waals surface area contributed by atoms with Crippen molar-refractivity contribution in [2.75, 3.05) is 0 Å². The van der Waals surface area contributed by atoms with Gasteiger partial charge in [-0.2, -0.15) is 0 Å². The Hall–Kier alpha value is -5.42. The number of aromatic amines is 2. The number of carbonyl (C=O) groups excluding carboxylic acids is 3. The zero-order valence-electron chi connectivity index (χ0n) is 26.3. The monoisotopic (exact) mass is 636 g/mol. The molecule has 0 fully saturated rings. The number of benzene rings is 3. The average molecular weight is 637 g/mol. The summed E-state index contributed by atoms with van der Waals surface area (Å²) >= 11 is 0. The number of aliphatic carboxylic acids is 1. The third kappa shape index (κ3) is 8.06. The Bertz CT molecular complexity index is 1860. The molecule has 0 aliphatic heterocycles. The fourth-order valence-corrected chi connectivity index (χ4v) is 5.62. The Labute approximate surface area is 272 Å². The molecule has 4 unspecified atom stereocenters. The maximum atomic E-state index is 14.1. The number of nitrogens with one attached hydrogen (secondary N) is 5. The SMILES string of the molecule is CC(C)C(N)C(=O)NC(Cc1c[nH]c2ccccc12)C(=O)NC(Cc1c[nH]c2ccccc12)C(=O)NC(Cc1ccccc1)C(=O)O. The molecule has 0 radical (unpaired) electrons. The van der Waals surface area contributed by atoms with E-state index < -0.39 is 47.9 Å². The highest BCUT2D eigenvalue weighted by molar-refractivity contribution is 5.95. The second-order valence-electron chi connectivity index (χ2n) is 12.1. The number of nitrogens with two attached hydrogens (primary N) is 1. The molecule has 0 aliphatic carbocycles. The minimum atomic E-state index is -1.24. The van der Waals surface area contributed by atoms with Gasteiger partial charge in [-0.3, -0.25) is 14.4 Å². The van der Waals surface area contributed by atoms with E-state index in [2.05, 4.69) is 25.9 Å². The van der Waals surface area contributed by atoms with Crippen LogP contribution in [0.5, 0.6) is 0 Å². The molecule has 11 nitrogen and oxygen atoms in total. The van der Waals surface area contributed by atoms with Crippen LogP contribution in [0.4, 0.5) is 0 Å². The van der Waals surface area contributed by atoms with Crippen molar-refractivity contribution in [3.05, 3.63) is 108 Å². The molecule has 0 saturated carbocycles. The first-order chi connectivity index (χ1) is 22.6. The fraction of sp³-hybridized carbons (Fsp3) is 0.278. The van der Waals surface area contributed by atoms with Crippen molar-refractivity contribution in [3.8, 4) is 0 Å². The molecule has 0 spiro atoms. The van der Waals surface area contributed by atoms with Gasteiger partial charge in [0, 0.05) is 53.5 Å². The van der Waals surface area contributed by atoms with Crippen molar-refractivity contribution < 1.29 is 24.3 Å². The van der Waals surface area contributed by atoms with Gasteiger partial charge >= 0.3 is 5.97 Å². The molecule has 3 amide bonds. The fourth-order valence-electron chi connectivity index (χ4n) is 5.62. The number of aromatic nitrogens is 2. The van der Waals surface area contributed by atoms with Crippen molar-refractivity contribution in [1.82, 2.24) is 25.9 Å². The van der Waals surface area contributed by atoms with Gasteiger partial charge in [-0.25, -0.2) is 4.79 Å². The second-order valence-corrected chi connectivity index (χ2v) is 12.1. The summed E-state index contributed by atoms with van der Waals surface area (Å²) in [6, 6.07) is 19.8. The number of carboxylic acids is 1. The summed E-state index contributed by atoms with van der Waals surface area (Å²) in [5.41, 5.74) is 10.2. The molecule has 0 bridgehead atoms. The van der Waals surface area contributed by atoms with Gasteiger partial charge in [0.25, 0.3) is 0 Å². The molecular weight excluding hydrogens is 596 g/mol. The van der Waals surface area contributed by atoms with Crippen LogP contribution in [0.2, 0.25) is 0 Å². The van der Waals surface area contributed by atoms with Gasteiger partial charge in [-0.1, -0.05) is 80.6 Å². The van der Waals surface area contributed by atoms with E-state index >= 15 is 0 Å². The van der Waals surface area contributed by atoms with E-state index in [4.69, 9.17) is 5.73 Å². The molecule has 2 heterocycles. The Morgan fingerprint density at radius 2 is 1.09 bits per heavy atom. The first kappa shape index (κ1) is 33.0. The number of rotatable bonds is 14. The highest BCUT2D eigenvalue weighted by atomic mass is 16.4. The second kappa shape index (κ2) is 14.8. The lowest BCUT2D eigenvalue weighted by atomic mass is 9.99. The van der Waals surface area contributed by atoms with Crippen LogP contribution >= 0.6 is 0 Å². The van der Waals surface area contributed by atoms with Crippen molar-refractivity contribution >= 4 is 45.5 Å². The van der Waals surface area contributed by atoms with Gasteiger partial charge < -0.3 is 36.8 Å². The summed E-state index contributed by atoms with van der Waals surface area (Å²) in [5.74, 6) is -3.14. The molecule has 0 saturated heterocycles. The maximum absolute atomic E-state index is 14.1. The number of carbonyl (C=O) groups is 4. The molecule has 3 aromatic carbocycles. The van der Waals surface area contributed by atoms with Crippen LogP contribution in [-0.4, -0.2) is 62.9 Å². The summed E-state index contributed by atoms with van der Waals surface area (Å²) in [7, 11) is 0. The lowest BCUT2D eigenvalue weighted by molar-refractivity contribution is -0.142. The first-order valence-electron chi connectivity index (χ1n) is 15.6. The first-order valence-corrected chi connectivity index (χ1v) is 15.6. The predicted octanol–water partition coefficient (Wildman–Crippen LogP) is 3.20. The van der Waals surface area contributed by atoms with Crippen molar-refractivity contribution in [2.45, 2.75) is 57.3 Å². The van der Waals surface area contributed by atoms with Crippen LogP contribution in [0.25, 0.3) is 21.8 Å². The molecule has 244 valence electrons. The highest BCUT2D eigenvalue weighted by Crippen LogP contribution is 2.21. The summed E-state index contributed by atoms with van der Waals surface area (Å²) in [6.07, 6.45) is 3.80. The standard InChI is InChI=1S/C36H40N6O5/c1-21(2)32(37)35(45)41-30(18-24-20-39-28-15-9-7-13-26(24)28)33(43)40-29(17-23-19-38-27-14-8-6-12-25(23)27)34(44)42-31(36(46)47)16-22-10-4-3-5-11-22/h3-15,19-21,29-32,38-39H,16-18,37H2,1-2H3,(H,40,43)(H,41,45)(H,42,44)(H,46,47). The minimum Gasteiger partial charge on any atom is -0.480 e. The van der Waals surface area contributed by atoms with Crippen LogP contribution in [0.1, 0.15) is 30.5 Å². The van der Waals surface area contributed by atoms with Gasteiger partial charge in [-0.15, -0.1) is 0 Å². The van der Waals surface area contributed by atoms with E-state index in [9.17, 15) is 24.3 Å². The molecule has 47 heavy (non-hydrogen) atoms. The summed E-state index contributed by atoms with van der Waals surface area (Å²) in [5, 5.41) is 20.0. The quantitative estimate of drug-likeness (QED) is 0.0982. The van der Waals surface area contributed by atoms with E-state index in [0.717, 1.165) is 38.5 Å². The Balaban J connectivity index is 1.44. The van der Waals surface area contributed by atoms with Gasteiger partial charge in [0.05, 0.1) is 6.04 Å². The van der Waals surface area contributed by atoms with Gasteiger partial charge in [0.2, 0.25) is 17.7 Å². The van der Waals surface area contributed by atoms with Gasteiger partial charge in [0.1, 0.15) is 18.1 Å². The van der Waals surface area contributed by atoms with Crippen molar-refractivity contribution in [2.24, 2.45) is 11.7 Å². The van der Waals surface area contributed by atoms with Crippen LogP contribution in [-0.2, 0) is 38.4 Å². The molecule has 5 rings (SSSR count).